The minimum absolute atomic E-state index is 0.0438. The van der Waals surface area contributed by atoms with Gasteiger partial charge in [-0.15, -0.1) is 0 Å². The number of aromatic nitrogens is 3. The molecule has 7 heteroatoms. The number of H-pyrrole nitrogens is 1. The maximum Gasteiger partial charge on any atom is 0.288 e. The van der Waals surface area contributed by atoms with Gasteiger partial charge in [0.15, 0.2) is 0 Å². The minimum atomic E-state index is -0.221. The number of aryl methyl sites for hydroxylation is 1. The van der Waals surface area contributed by atoms with Crippen LogP contribution in [0.3, 0.4) is 0 Å². The number of aromatic amines is 1. The summed E-state index contributed by atoms with van der Waals surface area (Å²) in [6, 6.07) is 11.4. The van der Waals surface area contributed by atoms with E-state index in [0.717, 1.165) is 22.0 Å². The fraction of sp³-hybridized carbons (Fsp3) is 0.211. The third-order valence-electron chi connectivity index (χ3n) is 4.41. The van der Waals surface area contributed by atoms with E-state index in [1.165, 1.54) is 0 Å². The van der Waals surface area contributed by atoms with Gasteiger partial charge in [-0.2, -0.15) is 5.10 Å². The predicted octanol–water partition coefficient (Wildman–Crippen LogP) is 2.57. The van der Waals surface area contributed by atoms with Crippen molar-refractivity contribution in [3.8, 4) is 0 Å². The molecule has 0 saturated heterocycles. The number of rotatable bonds is 6. The van der Waals surface area contributed by atoms with Crippen molar-refractivity contribution in [2.24, 2.45) is 0 Å². The number of amides is 1. The highest BCUT2D eigenvalue weighted by atomic mass is 16.3. The van der Waals surface area contributed by atoms with E-state index >= 15 is 0 Å². The second-order valence-corrected chi connectivity index (χ2v) is 6.09. The molecule has 0 bridgehead atoms. The third kappa shape index (κ3) is 2.99. The van der Waals surface area contributed by atoms with E-state index < -0.39 is 0 Å². The molecule has 0 radical (unpaired) electrons. The summed E-state index contributed by atoms with van der Waals surface area (Å²) < 4.78 is 7.16. The number of carbonyl (C=O) groups excluding carboxylic acids is 1. The number of benzene rings is 1. The van der Waals surface area contributed by atoms with Crippen molar-refractivity contribution in [1.82, 2.24) is 20.1 Å². The fourth-order valence-electron chi connectivity index (χ4n) is 3.23. The van der Waals surface area contributed by atoms with Gasteiger partial charge < -0.3 is 14.3 Å². The highest BCUT2D eigenvalue weighted by Gasteiger charge is 2.13. The van der Waals surface area contributed by atoms with Crippen LogP contribution in [0.15, 0.2) is 58.1 Å². The second-order valence-electron chi connectivity index (χ2n) is 6.09. The zero-order valence-electron chi connectivity index (χ0n) is 14.1. The molecule has 132 valence electrons. The lowest BCUT2D eigenvalue weighted by Crippen LogP contribution is -2.22. The third-order valence-corrected chi connectivity index (χ3v) is 4.41. The van der Waals surface area contributed by atoms with E-state index in [1.54, 1.807) is 18.5 Å². The van der Waals surface area contributed by atoms with E-state index in [9.17, 15) is 9.59 Å². The van der Waals surface area contributed by atoms with Gasteiger partial charge in [-0.05, 0) is 24.6 Å². The first-order valence-electron chi connectivity index (χ1n) is 8.48. The average Bonchev–Trinajstić information content (AvgIpc) is 3.28. The maximum absolute atomic E-state index is 12.3. The van der Waals surface area contributed by atoms with Gasteiger partial charge in [-0.1, -0.05) is 18.2 Å². The summed E-state index contributed by atoms with van der Waals surface area (Å²) in [6.45, 7) is 0.956. The fourth-order valence-corrected chi connectivity index (χ4v) is 3.23. The van der Waals surface area contributed by atoms with Crippen molar-refractivity contribution in [1.29, 1.82) is 0 Å². The highest BCUT2D eigenvalue weighted by molar-refractivity contribution is 6.07. The molecule has 0 aliphatic heterocycles. The summed E-state index contributed by atoms with van der Waals surface area (Å²) in [7, 11) is 0. The van der Waals surface area contributed by atoms with Crippen molar-refractivity contribution in [3.63, 3.8) is 0 Å². The van der Waals surface area contributed by atoms with Gasteiger partial charge in [0.25, 0.3) is 5.56 Å². The number of hydrogen-bond donors (Lipinski definition) is 2. The Morgan fingerprint density at radius 1 is 1.19 bits per heavy atom. The first kappa shape index (κ1) is 16.1. The van der Waals surface area contributed by atoms with Crippen LogP contribution in [-0.2, 0) is 17.9 Å². The van der Waals surface area contributed by atoms with Crippen LogP contribution in [0.25, 0.3) is 21.8 Å². The first-order valence-corrected chi connectivity index (χ1v) is 8.48. The van der Waals surface area contributed by atoms with Crippen molar-refractivity contribution in [3.05, 3.63) is 65.0 Å². The number of hydrogen-bond acceptors (Lipinski definition) is 4. The molecule has 0 unspecified atom stereocenters. The van der Waals surface area contributed by atoms with Crippen molar-refractivity contribution in [2.75, 3.05) is 0 Å². The molecule has 1 aromatic carbocycles. The Morgan fingerprint density at radius 2 is 2.08 bits per heavy atom. The van der Waals surface area contributed by atoms with Crippen LogP contribution in [0.5, 0.6) is 0 Å². The van der Waals surface area contributed by atoms with Gasteiger partial charge in [-0.3, -0.25) is 9.59 Å². The SMILES string of the molecule is O=C(CCCn1c2ccccc2c2cn[nH]c(=O)c21)NCc1ccco1. The van der Waals surface area contributed by atoms with Gasteiger partial charge in [-0.25, -0.2) is 5.10 Å². The summed E-state index contributed by atoms with van der Waals surface area (Å²) in [5, 5.41) is 11.0. The van der Waals surface area contributed by atoms with E-state index in [2.05, 4.69) is 15.5 Å². The Bertz CT molecular complexity index is 1110. The smallest absolute Gasteiger partial charge is 0.288 e. The minimum Gasteiger partial charge on any atom is -0.467 e. The lowest BCUT2D eigenvalue weighted by molar-refractivity contribution is -0.121. The monoisotopic (exact) mass is 350 g/mol. The number of para-hydroxylation sites is 1. The molecule has 0 saturated carbocycles. The van der Waals surface area contributed by atoms with Crippen LogP contribution in [0.4, 0.5) is 0 Å². The molecule has 2 N–H and O–H groups in total. The molecule has 26 heavy (non-hydrogen) atoms. The molecule has 0 atom stereocenters. The quantitative estimate of drug-likeness (QED) is 0.559. The summed E-state index contributed by atoms with van der Waals surface area (Å²) in [5.74, 6) is 0.678. The van der Waals surface area contributed by atoms with Crippen molar-refractivity contribution >= 4 is 27.7 Å². The lowest BCUT2D eigenvalue weighted by Gasteiger charge is -2.07. The Hall–Kier alpha value is -3.35. The number of fused-ring (bicyclic) bond motifs is 3. The van der Waals surface area contributed by atoms with Crippen LogP contribution >= 0.6 is 0 Å². The van der Waals surface area contributed by atoms with Gasteiger partial charge in [0.1, 0.15) is 11.3 Å². The Kier molecular flexibility index (Phi) is 4.27. The maximum atomic E-state index is 12.3. The number of nitrogens with one attached hydrogen (secondary N) is 2. The van der Waals surface area contributed by atoms with E-state index in [4.69, 9.17) is 4.42 Å². The normalized spacial score (nSPS) is 11.2. The van der Waals surface area contributed by atoms with Gasteiger partial charge >= 0.3 is 0 Å². The zero-order chi connectivity index (χ0) is 17.9. The van der Waals surface area contributed by atoms with Gasteiger partial charge in [0.2, 0.25) is 5.91 Å². The molecule has 4 rings (SSSR count). The molecule has 0 fully saturated rings. The molecule has 4 aromatic rings. The molecular formula is C19H18N4O3. The highest BCUT2D eigenvalue weighted by Crippen LogP contribution is 2.26. The molecule has 3 heterocycles. The molecule has 3 aromatic heterocycles. The summed E-state index contributed by atoms with van der Waals surface area (Å²) in [6.07, 6.45) is 4.25. The van der Waals surface area contributed by atoms with Crippen LogP contribution in [0, 0.1) is 0 Å². The Labute approximate surface area is 148 Å². The van der Waals surface area contributed by atoms with Crippen molar-refractivity contribution in [2.45, 2.75) is 25.9 Å². The first-order chi connectivity index (χ1) is 12.7. The lowest BCUT2D eigenvalue weighted by atomic mass is 10.2. The van der Waals surface area contributed by atoms with Crippen LogP contribution in [0.2, 0.25) is 0 Å². The largest absolute Gasteiger partial charge is 0.467 e. The van der Waals surface area contributed by atoms with Gasteiger partial charge in [0, 0.05) is 29.3 Å². The molecule has 1 amide bonds. The number of carbonyl (C=O) groups is 1. The molecule has 0 aliphatic rings. The van der Waals surface area contributed by atoms with Crippen LogP contribution in [-0.4, -0.2) is 20.7 Å². The Balaban J connectivity index is 1.50. The Morgan fingerprint density at radius 3 is 2.92 bits per heavy atom. The molecule has 0 aliphatic carbocycles. The number of furan rings is 1. The molecule has 0 spiro atoms. The van der Waals surface area contributed by atoms with Crippen LogP contribution < -0.4 is 10.9 Å². The van der Waals surface area contributed by atoms with Crippen LogP contribution in [0.1, 0.15) is 18.6 Å². The average molecular weight is 350 g/mol. The standard InChI is InChI=1S/C19H18N4O3/c24-17(20-11-13-5-4-10-26-13)8-3-9-23-16-7-2-1-6-14(16)15-12-21-22-19(25)18(15)23/h1-2,4-7,10,12H,3,8-9,11H2,(H,20,24)(H,22,25). The molecule has 7 nitrogen and oxygen atoms in total. The van der Waals surface area contributed by atoms with Crippen molar-refractivity contribution < 1.29 is 9.21 Å². The van der Waals surface area contributed by atoms with E-state index in [1.807, 2.05) is 34.9 Å². The van der Waals surface area contributed by atoms with E-state index in [-0.39, 0.29) is 11.5 Å². The summed E-state index contributed by atoms with van der Waals surface area (Å²) >= 11 is 0. The topological polar surface area (TPSA) is 92.9 Å². The summed E-state index contributed by atoms with van der Waals surface area (Å²) in [4.78, 5) is 24.3. The number of nitrogens with zero attached hydrogens (tertiary/aromatic N) is 2. The predicted molar refractivity (Wildman–Crippen MR) is 97.6 cm³/mol. The van der Waals surface area contributed by atoms with Gasteiger partial charge in [0.05, 0.1) is 19.0 Å². The summed E-state index contributed by atoms with van der Waals surface area (Å²) in [5.41, 5.74) is 1.34. The second kappa shape index (κ2) is 6.87. The van der Waals surface area contributed by atoms with E-state index in [0.29, 0.717) is 31.4 Å². The molecular weight excluding hydrogens is 332 g/mol. The zero-order valence-corrected chi connectivity index (χ0v) is 14.1.